The summed E-state index contributed by atoms with van der Waals surface area (Å²) in [6.45, 7) is 3.45. The summed E-state index contributed by atoms with van der Waals surface area (Å²) in [4.78, 5) is 0. The molecule has 0 fully saturated rings. The summed E-state index contributed by atoms with van der Waals surface area (Å²) < 4.78 is 76.0. The summed E-state index contributed by atoms with van der Waals surface area (Å²) in [5.74, 6) is -0.223. The number of hydrogen-bond donors (Lipinski definition) is 1. The molecular weight excluding hydrogens is 320 g/mol. The van der Waals surface area contributed by atoms with Crippen molar-refractivity contribution >= 4 is 12.4 Å². The first-order chi connectivity index (χ1) is 8.96. The zero-order valence-electron chi connectivity index (χ0n) is 11.3. The molecular formula is C13H16ClF6N. The van der Waals surface area contributed by atoms with Crippen molar-refractivity contribution in [2.75, 3.05) is 0 Å². The van der Waals surface area contributed by atoms with E-state index in [1.54, 1.807) is 13.8 Å². The van der Waals surface area contributed by atoms with Gasteiger partial charge in [0.15, 0.2) is 0 Å². The summed E-state index contributed by atoms with van der Waals surface area (Å²) in [6, 6.07) is 0.605. The number of rotatable bonds is 3. The molecule has 1 rings (SSSR count). The molecule has 21 heavy (non-hydrogen) atoms. The summed E-state index contributed by atoms with van der Waals surface area (Å²) in [5, 5.41) is 0. The lowest BCUT2D eigenvalue weighted by Gasteiger charge is -2.21. The van der Waals surface area contributed by atoms with Crippen molar-refractivity contribution in [1.82, 2.24) is 0 Å². The van der Waals surface area contributed by atoms with E-state index in [9.17, 15) is 26.3 Å². The van der Waals surface area contributed by atoms with E-state index in [0.717, 1.165) is 0 Å². The minimum Gasteiger partial charge on any atom is -0.324 e. The Morgan fingerprint density at radius 1 is 0.952 bits per heavy atom. The maximum atomic E-state index is 12.7. The first kappa shape index (κ1) is 20.1. The lowest BCUT2D eigenvalue weighted by Crippen LogP contribution is -2.21. The molecule has 0 aliphatic carbocycles. The molecule has 122 valence electrons. The molecule has 1 unspecified atom stereocenters. The summed E-state index contributed by atoms with van der Waals surface area (Å²) >= 11 is 0. The Labute approximate surface area is 124 Å². The highest BCUT2D eigenvalue weighted by Crippen LogP contribution is 2.38. The second kappa shape index (κ2) is 6.87. The quantitative estimate of drug-likeness (QED) is 0.756. The lowest BCUT2D eigenvalue weighted by molar-refractivity contribution is -0.143. The van der Waals surface area contributed by atoms with Crippen molar-refractivity contribution in [1.29, 1.82) is 0 Å². The van der Waals surface area contributed by atoms with Crippen molar-refractivity contribution in [3.05, 3.63) is 34.9 Å². The van der Waals surface area contributed by atoms with Gasteiger partial charge < -0.3 is 5.73 Å². The zero-order valence-corrected chi connectivity index (χ0v) is 12.2. The Morgan fingerprint density at radius 2 is 1.33 bits per heavy atom. The molecule has 0 amide bonds. The topological polar surface area (TPSA) is 26.0 Å². The van der Waals surface area contributed by atoms with Crippen LogP contribution < -0.4 is 5.73 Å². The Hall–Kier alpha value is -0.950. The van der Waals surface area contributed by atoms with Gasteiger partial charge in [-0.3, -0.25) is 0 Å². The molecule has 0 bridgehead atoms. The van der Waals surface area contributed by atoms with Crippen LogP contribution in [0.3, 0.4) is 0 Å². The van der Waals surface area contributed by atoms with Gasteiger partial charge in [0.2, 0.25) is 0 Å². The number of alkyl halides is 6. The Kier molecular flexibility index (Phi) is 6.56. The van der Waals surface area contributed by atoms with Gasteiger partial charge in [0, 0.05) is 6.04 Å². The third-order valence-corrected chi connectivity index (χ3v) is 3.25. The molecule has 8 heteroatoms. The predicted octanol–water partition coefficient (Wildman–Crippen LogP) is 5.19. The Morgan fingerprint density at radius 3 is 1.62 bits per heavy atom. The lowest BCUT2D eigenvalue weighted by atomic mass is 9.91. The van der Waals surface area contributed by atoms with Crippen LogP contribution in [-0.4, -0.2) is 0 Å². The highest BCUT2D eigenvalue weighted by molar-refractivity contribution is 5.85. The van der Waals surface area contributed by atoms with Crippen LogP contribution in [0.25, 0.3) is 0 Å². The van der Waals surface area contributed by atoms with Gasteiger partial charge in [-0.15, -0.1) is 12.4 Å². The van der Waals surface area contributed by atoms with Crippen molar-refractivity contribution in [2.45, 2.75) is 38.7 Å². The van der Waals surface area contributed by atoms with Gasteiger partial charge in [-0.25, -0.2) is 0 Å². The maximum absolute atomic E-state index is 12.7. The van der Waals surface area contributed by atoms with Crippen LogP contribution in [0.5, 0.6) is 0 Å². The van der Waals surface area contributed by atoms with Crippen LogP contribution in [0, 0.1) is 5.92 Å². The maximum Gasteiger partial charge on any atom is 0.416 e. The average Bonchev–Trinajstić information content (AvgIpc) is 2.34. The van der Waals surface area contributed by atoms with Gasteiger partial charge in [0.1, 0.15) is 0 Å². The molecule has 1 nitrogen and oxygen atoms in total. The molecule has 0 radical (unpaired) electrons. The van der Waals surface area contributed by atoms with E-state index in [4.69, 9.17) is 5.73 Å². The second-order valence-electron chi connectivity index (χ2n) is 4.75. The van der Waals surface area contributed by atoms with E-state index in [2.05, 4.69) is 0 Å². The van der Waals surface area contributed by atoms with Gasteiger partial charge in [0.05, 0.1) is 11.1 Å². The average molecular weight is 336 g/mol. The predicted molar refractivity (Wildman–Crippen MR) is 70.1 cm³/mol. The van der Waals surface area contributed by atoms with Crippen LogP contribution in [0.2, 0.25) is 0 Å². The van der Waals surface area contributed by atoms with Gasteiger partial charge >= 0.3 is 12.4 Å². The monoisotopic (exact) mass is 335 g/mol. The molecule has 0 saturated heterocycles. The fraction of sp³-hybridized carbons (Fsp3) is 0.538. The zero-order chi connectivity index (χ0) is 15.7. The minimum absolute atomic E-state index is 0. The molecule has 0 spiro atoms. The van der Waals surface area contributed by atoms with Crippen LogP contribution in [0.15, 0.2) is 18.2 Å². The number of benzene rings is 1. The van der Waals surface area contributed by atoms with Gasteiger partial charge in [0.25, 0.3) is 0 Å². The SMILES string of the molecule is CCC(C)[C@@H](N)c1cc(C(F)(F)F)cc(C(F)(F)F)c1.Cl. The van der Waals surface area contributed by atoms with E-state index in [-0.39, 0.29) is 30.0 Å². The van der Waals surface area contributed by atoms with E-state index in [1.807, 2.05) is 0 Å². The standard InChI is InChI=1S/C13H15F6N.ClH/c1-3-7(2)11(20)8-4-9(12(14,15)16)6-10(5-8)13(17,18)19;/h4-7,11H,3,20H2,1-2H3;1H/t7?,11-;/m1./s1. The molecule has 0 aromatic heterocycles. The highest BCUT2D eigenvalue weighted by atomic mass is 35.5. The van der Waals surface area contributed by atoms with Crippen molar-refractivity contribution in [2.24, 2.45) is 11.7 Å². The number of nitrogens with two attached hydrogens (primary N) is 1. The normalized spacial score (nSPS) is 15.3. The fourth-order valence-electron chi connectivity index (χ4n) is 1.75. The molecule has 0 heterocycles. The first-order valence-corrected chi connectivity index (χ1v) is 6.01. The number of hydrogen-bond acceptors (Lipinski definition) is 1. The molecule has 1 aromatic rings. The van der Waals surface area contributed by atoms with E-state index in [0.29, 0.717) is 18.6 Å². The van der Waals surface area contributed by atoms with Crippen LogP contribution in [-0.2, 0) is 12.4 Å². The summed E-state index contributed by atoms with van der Waals surface area (Å²) in [5.41, 5.74) is 2.92. The van der Waals surface area contributed by atoms with Crippen LogP contribution >= 0.6 is 12.4 Å². The smallest absolute Gasteiger partial charge is 0.324 e. The van der Waals surface area contributed by atoms with E-state index in [1.165, 1.54) is 0 Å². The van der Waals surface area contributed by atoms with Crippen molar-refractivity contribution < 1.29 is 26.3 Å². The van der Waals surface area contributed by atoms with Crippen LogP contribution in [0.1, 0.15) is 43.0 Å². The van der Waals surface area contributed by atoms with Gasteiger partial charge in [-0.2, -0.15) is 26.3 Å². The largest absolute Gasteiger partial charge is 0.416 e. The molecule has 0 aliphatic rings. The van der Waals surface area contributed by atoms with E-state index >= 15 is 0 Å². The first-order valence-electron chi connectivity index (χ1n) is 6.01. The molecule has 0 aliphatic heterocycles. The summed E-state index contributed by atoms with van der Waals surface area (Å²) in [7, 11) is 0. The third kappa shape index (κ3) is 5.07. The Balaban J connectivity index is 0.00000400. The highest BCUT2D eigenvalue weighted by Gasteiger charge is 2.37. The van der Waals surface area contributed by atoms with Crippen molar-refractivity contribution in [3.8, 4) is 0 Å². The molecule has 1 aromatic carbocycles. The van der Waals surface area contributed by atoms with Crippen molar-refractivity contribution in [3.63, 3.8) is 0 Å². The van der Waals surface area contributed by atoms with Gasteiger partial charge in [-0.1, -0.05) is 20.3 Å². The van der Waals surface area contributed by atoms with E-state index < -0.39 is 29.5 Å². The van der Waals surface area contributed by atoms with Crippen LogP contribution in [0.4, 0.5) is 26.3 Å². The molecule has 2 atom stereocenters. The third-order valence-electron chi connectivity index (χ3n) is 3.25. The fourth-order valence-corrected chi connectivity index (χ4v) is 1.75. The molecule has 0 saturated carbocycles. The second-order valence-corrected chi connectivity index (χ2v) is 4.75. The van der Waals surface area contributed by atoms with Gasteiger partial charge in [-0.05, 0) is 29.7 Å². The minimum atomic E-state index is -4.84. The summed E-state index contributed by atoms with van der Waals surface area (Å²) in [6.07, 6.45) is -9.13. The molecule has 2 N–H and O–H groups in total. The Bertz CT molecular complexity index is 436. The number of halogens is 7.